The van der Waals surface area contributed by atoms with E-state index in [1.165, 1.54) is 7.11 Å². The Labute approximate surface area is 155 Å². The van der Waals surface area contributed by atoms with Crippen LogP contribution in [0.2, 0.25) is 0 Å². The summed E-state index contributed by atoms with van der Waals surface area (Å²) in [5.74, 6) is 0.729. The topological polar surface area (TPSA) is 107 Å². The van der Waals surface area contributed by atoms with Gasteiger partial charge in [0, 0.05) is 18.5 Å². The van der Waals surface area contributed by atoms with Gasteiger partial charge in [-0.25, -0.2) is 4.79 Å². The number of aryl methyl sites for hydroxylation is 3. The van der Waals surface area contributed by atoms with E-state index in [4.69, 9.17) is 13.6 Å². The molecule has 0 radical (unpaired) electrons. The van der Waals surface area contributed by atoms with E-state index in [0.717, 1.165) is 11.1 Å². The molecule has 0 aliphatic carbocycles. The molecular weight excluding hydrogens is 350 g/mol. The molecule has 0 bridgehead atoms. The van der Waals surface area contributed by atoms with E-state index in [0.29, 0.717) is 35.2 Å². The molecule has 0 saturated heterocycles. The van der Waals surface area contributed by atoms with Crippen LogP contribution in [-0.2, 0) is 16.0 Å². The predicted molar refractivity (Wildman–Crippen MR) is 96.2 cm³/mol. The zero-order valence-electron chi connectivity index (χ0n) is 15.2. The van der Waals surface area contributed by atoms with Gasteiger partial charge in [-0.1, -0.05) is 6.07 Å². The number of aromatic nitrogens is 2. The molecule has 0 unspecified atom stereocenters. The van der Waals surface area contributed by atoms with Gasteiger partial charge in [-0.2, -0.15) is 0 Å². The van der Waals surface area contributed by atoms with Crippen molar-refractivity contribution >= 4 is 17.6 Å². The van der Waals surface area contributed by atoms with Crippen molar-refractivity contribution < 1.29 is 23.2 Å². The van der Waals surface area contributed by atoms with Crippen molar-refractivity contribution in [3.8, 4) is 11.5 Å². The van der Waals surface area contributed by atoms with Crippen LogP contribution in [0.25, 0.3) is 11.5 Å². The summed E-state index contributed by atoms with van der Waals surface area (Å²) in [5.41, 5.74) is 2.43. The van der Waals surface area contributed by atoms with Gasteiger partial charge in [-0.15, -0.1) is 10.2 Å². The Morgan fingerprint density at radius 1 is 1.19 bits per heavy atom. The first-order valence-corrected chi connectivity index (χ1v) is 8.33. The molecule has 140 valence electrons. The van der Waals surface area contributed by atoms with Gasteiger partial charge in [0.2, 0.25) is 11.8 Å². The third kappa shape index (κ3) is 4.22. The van der Waals surface area contributed by atoms with E-state index >= 15 is 0 Å². The molecule has 0 saturated carbocycles. The summed E-state index contributed by atoms with van der Waals surface area (Å²) < 4.78 is 15.5. The molecular formula is C19H19N3O5. The summed E-state index contributed by atoms with van der Waals surface area (Å²) in [4.78, 5) is 23.9. The van der Waals surface area contributed by atoms with E-state index in [-0.39, 0.29) is 12.3 Å². The summed E-state index contributed by atoms with van der Waals surface area (Å²) in [5, 5.41) is 10.7. The van der Waals surface area contributed by atoms with Gasteiger partial charge < -0.3 is 18.9 Å². The van der Waals surface area contributed by atoms with Crippen molar-refractivity contribution in [1.82, 2.24) is 10.2 Å². The number of methoxy groups -OCH3 is 1. The van der Waals surface area contributed by atoms with Gasteiger partial charge in [0.25, 0.3) is 5.89 Å². The predicted octanol–water partition coefficient (Wildman–Crippen LogP) is 3.30. The number of anilines is 1. The molecule has 8 nitrogen and oxygen atoms in total. The average Bonchev–Trinajstić information content (AvgIpc) is 3.29. The largest absolute Gasteiger partial charge is 0.469 e. The Bertz CT molecular complexity index is 973. The number of carbonyl (C=O) groups is 2. The third-order valence-corrected chi connectivity index (χ3v) is 4.05. The summed E-state index contributed by atoms with van der Waals surface area (Å²) >= 11 is 0. The van der Waals surface area contributed by atoms with E-state index in [2.05, 4.69) is 15.5 Å². The van der Waals surface area contributed by atoms with Gasteiger partial charge in [0.15, 0.2) is 0 Å². The molecule has 1 amide bonds. The van der Waals surface area contributed by atoms with E-state index < -0.39 is 5.97 Å². The lowest BCUT2D eigenvalue weighted by Gasteiger charge is -2.08. The van der Waals surface area contributed by atoms with Crippen LogP contribution in [0.15, 0.2) is 39.4 Å². The van der Waals surface area contributed by atoms with Crippen LogP contribution in [0.4, 0.5) is 5.69 Å². The highest BCUT2D eigenvalue weighted by Gasteiger charge is 2.15. The maximum Gasteiger partial charge on any atom is 0.338 e. The van der Waals surface area contributed by atoms with Crippen LogP contribution >= 0.6 is 0 Å². The van der Waals surface area contributed by atoms with Crippen molar-refractivity contribution in [2.75, 3.05) is 12.4 Å². The van der Waals surface area contributed by atoms with Crippen molar-refractivity contribution in [2.24, 2.45) is 0 Å². The number of hydrogen-bond acceptors (Lipinski definition) is 7. The molecule has 27 heavy (non-hydrogen) atoms. The van der Waals surface area contributed by atoms with Crippen molar-refractivity contribution in [3.63, 3.8) is 0 Å². The fourth-order valence-corrected chi connectivity index (χ4v) is 2.54. The number of nitrogens with one attached hydrogen (secondary N) is 1. The van der Waals surface area contributed by atoms with Crippen LogP contribution in [0, 0.1) is 13.8 Å². The second-order valence-corrected chi connectivity index (χ2v) is 5.96. The lowest BCUT2D eigenvalue weighted by atomic mass is 10.1. The van der Waals surface area contributed by atoms with E-state index in [1.807, 2.05) is 0 Å². The van der Waals surface area contributed by atoms with Crippen molar-refractivity contribution in [3.05, 3.63) is 53.3 Å². The number of esters is 1. The molecule has 2 heterocycles. The van der Waals surface area contributed by atoms with Crippen LogP contribution in [0.5, 0.6) is 0 Å². The van der Waals surface area contributed by atoms with Gasteiger partial charge in [-0.05, 0) is 37.6 Å². The Hall–Kier alpha value is -3.42. The van der Waals surface area contributed by atoms with E-state index in [9.17, 15) is 9.59 Å². The minimum absolute atomic E-state index is 0.160. The normalized spacial score (nSPS) is 10.6. The fraction of sp³-hybridized carbons (Fsp3) is 0.263. The molecule has 0 spiro atoms. The first kappa shape index (κ1) is 18.4. The van der Waals surface area contributed by atoms with Crippen molar-refractivity contribution in [1.29, 1.82) is 0 Å². The third-order valence-electron chi connectivity index (χ3n) is 4.05. The first-order valence-electron chi connectivity index (χ1n) is 8.33. The standard InChI is InChI=1S/C19H19N3O5/c1-11-4-5-13(10-15(11)19(24)25-3)20-16(23)6-7-17-21-22-18(27-17)14-8-9-26-12(14)2/h4-5,8-10H,6-7H2,1-3H3,(H,20,23). The number of benzene rings is 1. The number of nitrogens with zero attached hydrogens (tertiary/aromatic N) is 2. The Morgan fingerprint density at radius 2 is 2.00 bits per heavy atom. The van der Waals surface area contributed by atoms with Gasteiger partial charge >= 0.3 is 5.97 Å². The number of furan rings is 1. The first-order chi connectivity index (χ1) is 13.0. The molecule has 3 aromatic rings. The fourth-order valence-electron chi connectivity index (χ4n) is 2.54. The minimum Gasteiger partial charge on any atom is -0.469 e. The maximum absolute atomic E-state index is 12.2. The monoisotopic (exact) mass is 369 g/mol. The summed E-state index contributed by atoms with van der Waals surface area (Å²) in [6.07, 6.45) is 2.00. The molecule has 0 aliphatic heterocycles. The SMILES string of the molecule is COC(=O)c1cc(NC(=O)CCc2nnc(-c3ccoc3C)o2)ccc1C. The second kappa shape index (κ2) is 7.86. The maximum atomic E-state index is 12.2. The Morgan fingerprint density at radius 3 is 2.70 bits per heavy atom. The lowest BCUT2D eigenvalue weighted by Crippen LogP contribution is -2.13. The van der Waals surface area contributed by atoms with Gasteiger partial charge in [0.05, 0.1) is 24.5 Å². The number of amides is 1. The Balaban J connectivity index is 1.60. The highest BCUT2D eigenvalue weighted by atomic mass is 16.5. The quantitative estimate of drug-likeness (QED) is 0.664. The zero-order chi connectivity index (χ0) is 19.4. The summed E-state index contributed by atoms with van der Waals surface area (Å²) in [6.45, 7) is 3.60. The Kier molecular flexibility index (Phi) is 5.35. The smallest absolute Gasteiger partial charge is 0.338 e. The number of hydrogen-bond donors (Lipinski definition) is 1. The summed E-state index contributed by atoms with van der Waals surface area (Å²) in [7, 11) is 1.32. The minimum atomic E-state index is -0.448. The molecule has 1 N–H and O–H groups in total. The van der Waals surface area contributed by atoms with Gasteiger partial charge in [0.1, 0.15) is 5.76 Å². The lowest BCUT2D eigenvalue weighted by molar-refractivity contribution is -0.116. The molecule has 0 atom stereocenters. The number of rotatable bonds is 6. The highest BCUT2D eigenvalue weighted by Crippen LogP contribution is 2.23. The van der Waals surface area contributed by atoms with Crippen LogP contribution in [-0.4, -0.2) is 29.2 Å². The second-order valence-electron chi connectivity index (χ2n) is 5.96. The van der Waals surface area contributed by atoms with E-state index in [1.54, 1.807) is 44.4 Å². The van der Waals surface area contributed by atoms with Crippen molar-refractivity contribution in [2.45, 2.75) is 26.7 Å². The van der Waals surface area contributed by atoms with Crippen LogP contribution in [0.1, 0.15) is 34.0 Å². The molecule has 0 fully saturated rings. The molecule has 0 aliphatic rings. The molecule has 2 aromatic heterocycles. The van der Waals surface area contributed by atoms with Crippen LogP contribution < -0.4 is 5.32 Å². The van der Waals surface area contributed by atoms with Gasteiger partial charge in [-0.3, -0.25) is 4.79 Å². The number of carbonyl (C=O) groups excluding carboxylic acids is 2. The van der Waals surface area contributed by atoms with Crippen LogP contribution in [0.3, 0.4) is 0 Å². The number of ether oxygens (including phenoxy) is 1. The zero-order valence-corrected chi connectivity index (χ0v) is 15.2. The molecule has 8 heteroatoms. The average molecular weight is 369 g/mol. The summed E-state index contributed by atoms with van der Waals surface area (Å²) in [6, 6.07) is 6.81. The molecule has 3 rings (SSSR count). The molecule has 1 aromatic carbocycles. The highest BCUT2D eigenvalue weighted by molar-refractivity contribution is 5.95.